The van der Waals surface area contributed by atoms with E-state index in [1.165, 1.54) is 11.8 Å². The van der Waals surface area contributed by atoms with Crippen LogP contribution in [0, 0.1) is 0 Å². The Morgan fingerprint density at radius 1 is 1.23 bits per heavy atom. The highest BCUT2D eigenvalue weighted by atomic mass is 32.2. The van der Waals surface area contributed by atoms with Crippen molar-refractivity contribution in [3.05, 3.63) is 59.9 Å². The van der Waals surface area contributed by atoms with Gasteiger partial charge in [0.1, 0.15) is 12.4 Å². The van der Waals surface area contributed by atoms with Crippen molar-refractivity contribution in [2.45, 2.75) is 32.0 Å². The zero-order chi connectivity index (χ0) is 18.4. The van der Waals surface area contributed by atoms with Gasteiger partial charge in [-0.05, 0) is 49.2 Å². The summed E-state index contributed by atoms with van der Waals surface area (Å²) in [5.74, 6) is 0.815. The van der Waals surface area contributed by atoms with E-state index in [1.807, 2.05) is 30.3 Å². The number of aromatic nitrogens is 1. The minimum atomic E-state index is -3.15. The molecule has 2 aromatic rings. The Balaban J connectivity index is 1.50. The fourth-order valence-electron chi connectivity index (χ4n) is 3.19. The summed E-state index contributed by atoms with van der Waals surface area (Å²) < 4.78 is 31.3. The second kappa shape index (κ2) is 8.62. The molecule has 0 spiro atoms. The number of benzene rings is 1. The average Bonchev–Trinajstić information content (AvgIpc) is 2.61. The van der Waals surface area contributed by atoms with E-state index >= 15 is 0 Å². The molecule has 0 unspecified atom stereocenters. The zero-order valence-electron chi connectivity index (χ0n) is 15.0. The lowest BCUT2D eigenvalue weighted by Crippen LogP contribution is -2.46. The van der Waals surface area contributed by atoms with Crippen LogP contribution in [0.3, 0.4) is 0 Å². The van der Waals surface area contributed by atoms with Crippen LogP contribution in [0.25, 0.3) is 0 Å². The van der Waals surface area contributed by atoms with Gasteiger partial charge in [-0.2, -0.15) is 0 Å². The van der Waals surface area contributed by atoms with Crippen LogP contribution in [0.4, 0.5) is 0 Å². The number of hydrogen-bond donors (Lipinski definition) is 1. The smallest absolute Gasteiger partial charge is 0.208 e. The minimum absolute atomic E-state index is 0.000251. The molecule has 1 atom stereocenters. The Bertz CT molecular complexity index is 795. The van der Waals surface area contributed by atoms with Gasteiger partial charge in [-0.15, -0.1) is 0 Å². The van der Waals surface area contributed by atoms with Crippen molar-refractivity contribution in [1.29, 1.82) is 0 Å². The van der Waals surface area contributed by atoms with Crippen LogP contribution < -0.4 is 9.46 Å². The number of sulfonamides is 1. The molecule has 1 N–H and O–H groups in total. The van der Waals surface area contributed by atoms with Crippen LogP contribution in [-0.4, -0.2) is 43.7 Å². The number of pyridine rings is 1. The van der Waals surface area contributed by atoms with Crippen molar-refractivity contribution < 1.29 is 13.2 Å². The van der Waals surface area contributed by atoms with Crippen LogP contribution in [0.15, 0.2) is 48.7 Å². The lowest BCUT2D eigenvalue weighted by atomic mass is 10.1. The molecule has 1 aromatic heterocycles. The highest BCUT2D eigenvalue weighted by molar-refractivity contribution is 7.88. The zero-order valence-corrected chi connectivity index (χ0v) is 15.8. The topological polar surface area (TPSA) is 71.5 Å². The summed E-state index contributed by atoms with van der Waals surface area (Å²) >= 11 is 0. The molecule has 0 saturated carbocycles. The van der Waals surface area contributed by atoms with Crippen LogP contribution in [0.2, 0.25) is 0 Å². The maximum atomic E-state index is 11.4. The minimum Gasteiger partial charge on any atom is -0.487 e. The SMILES string of the molecule is CS(=O)(=O)N[C@@H]1CCCN(Cc2ccc(OCc3ccccn3)cc2)C1. The molecule has 2 heterocycles. The molecule has 1 fully saturated rings. The molecule has 26 heavy (non-hydrogen) atoms. The Hall–Kier alpha value is -1.96. The van der Waals surface area contributed by atoms with Crippen molar-refractivity contribution in [2.24, 2.45) is 0 Å². The Labute approximate surface area is 155 Å². The van der Waals surface area contributed by atoms with Crippen molar-refractivity contribution in [1.82, 2.24) is 14.6 Å². The van der Waals surface area contributed by atoms with Gasteiger partial charge in [0.2, 0.25) is 10.0 Å². The fraction of sp³-hybridized carbons (Fsp3) is 0.421. The number of likely N-dealkylation sites (tertiary alicyclic amines) is 1. The number of nitrogens with zero attached hydrogens (tertiary/aromatic N) is 2. The van der Waals surface area contributed by atoms with E-state index in [9.17, 15) is 8.42 Å². The molecule has 0 bridgehead atoms. The maximum Gasteiger partial charge on any atom is 0.208 e. The molecule has 1 aliphatic heterocycles. The summed E-state index contributed by atoms with van der Waals surface area (Å²) in [6, 6.07) is 13.8. The van der Waals surface area contributed by atoms with Gasteiger partial charge in [-0.25, -0.2) is 13.1 Å². The van der Waals surface area contributed by atoms with Gasteiger partial charge in [-0.1, -0.05) is 18.2 Å². The summed E-state index contributed by atoms with van der Waals surface area (Å²) in [6.45, 7) is 2.98. The second-order valence-corrected chi connectivity index (χ2v) is 8.50. The van der Waals surface area contributed by atoms with Crippen LogP contribution >= 0.6 is 0 Å². The predicted octanol–water partition coefficient (Wildman–Crippen LogP) is 2.17. The van der Waals surface area contributed by atoms with Gasteiger partial charge in [0, 0.05) is 25.3 Å². The monoisotopic (exact) mass is 375 g/mol. The summed E-state index contributed by atoms with van der Waals surface area (Å²) in [6.07, 6.45) is 4.87. The van der Waals surface area contributed by atoms with E-state index in [0.29, 0.717) is 6.61 Å². The van der Waals surface area contributed by atoms with E-state index in [-0.39, 0.29) is 6.04 Å². The van der Waals surface area contributed by atoms with Gasteiger partial charge in [-0.3, -0.25) is 9.88 Å². The van der Waals surface area contributed by atoms with E-state index in [1.54, 1.807) is 6.20 Å². The lowest BCUT2D eigenvalue weighted by Gasteiger charge is -2.32. The van der Waals surface area contributed by atoms with Crippen molar-refractivity contribution in [3.63, 3.8) is 0 Å². The molecule has 1 aromatic carbocycles. The van der Waals surface area contributed by atoms with Crippen LogP contribution in [-0.2, 0) is 23.2 Å². The van der Waals surface area contributed by atoms with Crippen molar-refractivity contribution in [2.75, 3.05) is 19.3 Å². The van der Waals surface area contributed by atoms with E-state index in [4.69, 9.17) is 4.74 Å². The lowest BCUT2D eigenvalue weighted by molar-refractivity contribution is 0.194. The third-order valence-electron chi connectivity index (χ3n) is 4.33. The summed E-state index contributed by atoms with van der Waals surface area (Å²) in [7, 11) is -3.15. The molecule has 0 amide bonds. The summed E-state index contributed by atoms with van der Waals surface area (Å²) in [5.41, 5.74) is 2.09. The Morgan fingerprint density at radius 3 is 2.73 bits per heavy atom. The third-order valence-corrected chi connectivity index (χ3v) is 5.09. The predicted molar refractivity (Wildman–Crippen MR) is 101 cm³/mol. The van der Waals surface area contributed by atoms with Gasteiger partial charge < -0.3 is 4.74 Å². The van der Waals surface area contributed by atoms with Crippen molar-refractivity contribution in [3.8, 4) is 5.75 Å². The molecule has 0 aliphatic carbocycles. The summed E-state index contributed by atoms with van der Waals surface area (Å²) in [5, 5.41) is 0. The average molecular weight is 375 g/mol. The molecular formula is C19H25N3O3S. The van der Waals surface area contributed by atoms with Crippen molar-refractivity contribution >= 4 is 10.0 Å². The first-order chi connectivity index (χ1) is 12.5. The highest BCUT2D eigenvalue weighted by Crippen LogP contribution is 2.18. The quantitative estimate of drug-likeness (QED) is 0.803. The largest absolute Gasteiger partial charge is 0.487 e. The van der Waals surface area contributed by atoms with E-state index in [2.05, 4.69) is 26.7 Å². The molecule has 1 saturated heterocycles. The first-order valence-electron chi connectivity index (χ1n) is 8.79. The molecule has 6 nitrogen and oxygen atoms in total. The van der Waals surface area contributed by atoms with Gasteiger partial charge in [0.15, 0.2) is 0 Å². The Kier molecular flexibility index (Phi) is 6.24. The fourth-order valence-corrected chi connectivity index (χ4v) is 3.99. The molecule has 0 radical (unpaired) electrons. The molecule has 140 valence electrons. The number of rotatable bonds is 7. The number of nitrogens with one attached hydrogen (secondary N) is 1. The van der Waals surface area contributed by atoms with Gasteiger partial charge >= 0.3 is 0 Å². The van der Waals surface area contributed by atoms with Crippen LogP contribution in [0.5, 0.6) is 5.75 Å². The summed E-state index contributed by atoms with van der Waals surface area (Å²) in [4.78, 5) is 6.53. The first-order valence-corrected chi connectivity index (χ1v) is 10.7. The first kappa shape index (κ1) is 18.8. The van der Waals surface area contributed by atoms with Crippen LogP contribution in [0.1, 0.15) is 24.1 Å². The normalized spacial score (nSPS) is 18.6. The van der Waals surface area contributed by atoms with E-state index < -0.39 is 10.0 Å². The van der Waals surface area contributed by atoms with Gasteiger partial charge in [0.25, 0.3) is 0 Å². The molecule has 7 heteroatoms. The standard InChI is InChI=1S/C19H25N3O3S/c1-26(23,24)21-17-6-4-12-22(14-17)13-16-7-9-19(10-8-16)25-15-18-5-2-3-11-20-18/h2-3,5,7-11,17,21H,4,6,12-15H2,1H3/t17-/m1/s1. The number of hydrogen-bond acceptors (Lipinski definition) is 5. The second-order valence-electron chi connectivity index (χ2n) is 6.72. The number of ether oxygens (including phenoxy) is 1. The molecular weight excluding hydrogens is 350 g/mol. The third kappa shape index (κ3) is 6.09. The maximum absolute atomic E-state index is 11.4. The van der Waals surface area contributed by atoms with E-state index in [0.717, 1.165) is 43.9 Å². The Morgan fingerprint density at radius 2 is 2.04 bits per heavy atom. The number of piperidine rings is 1. The van der Waals surface area contributed by atoms with Gasteiger partial charge in [0.05, 0.1) is 11.9 Å². The highest BCUT2D eigenvalue weighted by Gasteiger charge is 2.22. The molecule has 1 aliphatic rings. The molecule has 3 rings (SSSR count).